The molecule has 2 aromatic rings. The number of aromatic nitrogens is 2. The van der Waals surface area contributed by atoms with Crippen LogP contribution >= 0.6 is 11.6 Å². The van der Waals surface area contributed by atoms with Crippen molar-refractivity contribution >= 4 is 35.8 Å². The number of nitrogens with zero attached hydrogens (tertiary/aromatic N) is 2. The van der Waals surface area contributed by atoms with Crippen molar-refractivity contribution < 1.29 is 5.11 Å². The number of hydrogen-bond acceptors (Lipinski definition) is 3. The second-order valence-corrected chi connectivity index (χ2v) is 3.17. The zero-order valence-electron chi connectivity index (χ0n) is 6.95. The number of aromatic hydroxyl groups is 1. The topological polar surface area (TPSA) is 46.0 Å². The van der Waals surface area contributed by atoms with Crippen molar-refractivity contribution in [2.75, 3.05) is 0 Å². The third-order valence-corrected chi connectivity index (χ3v) is 2.27. The van der Waals surface area contributed by atoms with Crippen LogP contribution < -0.4 is 5.46 Å². The third-order valence-electron chi connectivity index (χ3n) is 1.94. The van der Waals surface area contributed by atoms with Crippen LogP contribution in [0.15, 0.2) is 18.5 Å². The zero-order valence-corrected chi connectivity index (χ0v) is 7.71. The Morgan fingerprint density at radius 1 is 1.38 bits per heavy atom. The lowest BCUT2D eigenvalue weighted by molar-refractivity contribution is 0.459. The van der Waals surface area contributed by atoms with Gasteiger partial charge in [-0.1, -0.05) is 11.6 Å². The molecule has 5 heteroatoms. The molecule has 2 heterocycles. The van der Waals surface area contributed by atoms with Crippen LogP contribution in [0.3, 0.4) is 0 Å². The Kier molecular flexibility index (Phi) is 1.85. The molecule has 13 heavy (non-hydrogen) atoms. The van der Waals surface area contributed by atoms with E-state index in [1.807, 2.05) is 0 Å². The SMILES string of the molecule is Bc1c(O)ncc2c(Cl)ccnc12. The molecule has 64 valence electrons. The minimum absolute atomic E-state index is 0.00210. The summed E-state index contributed by atoms with van der Waals surface area (Å²) >= 11 is 5.92. The molecule has 0 aliphatic heterocycles. The van der Waals surface area contributed by atoms with E-state index in [-0.39, 0.29) is 5.88 Å². The monoisotopic (exact) mass is 192 g/mol. The van der Waals surface area contributed by atoms with Gasteiger partial charge in [-0.05, 0) is 11.5 Å². The Balaban J connectivity index is 2.94. The molecule has 0 saturated heterocycles. The van der Waals surface area contributed by atoms with E-state index in [1.165, 1.54) is 6.20 Å². The molecule has 0 atom stereocenters. The summed E-state index contributed by atoms with van der Waals surface area (Å²) in [4.78, 5) is 7.92. The molecule has 0 saturated carbocycles. The van der Waals surface area contributed by atoms with Crippen LogP contribution in [-0.2, 0) is 0 Å². The number of rotatable bonds is 0. The molecule has 0 fully saturated rings. The number of hydrogen-bond donors (Lipinski definition) is 1. The lowest BCUT2D eigenvalue weighted by Gasteiger charge is -2.03. The molecule has 0 spiro atoms. The molecule has 0 amide bonds. The largest absolute Gasteiger partial charge is 0.494 e. The van der Waals surface area contributed by atoms with Crippen molar-refractivity contribution in [1.82, 2.24) is 9.97 Å². The first kappa shape index (κ1) is 8.32. The van der Waals surface area contributed by atoms with Crippen molar-refractivity contribution in [2.24, 2.45) is 0 Å². The molecular weight excluding hydrogens is 186 g/mol. The fraction of sp³-hybridized carbons (Fsp3) is 0. The van der Waals surface area contributed by atoms with Gasteiger partial charge in [0.1, 0.15) is 7.85 Å². The predicted octanol–water partition coefficient (Wildman–Crippen LogP) is 0.247. The molecule has 0 aliphatic rings. The molecule has 2 rings (SSSR count). The zero-order chi connectivity index (χ0) is 9.42. The van der Waals surface area contributed by atoms with Crippen LogP contribution in [0, 0.1) is 0 Å². The van der Waals surface area contributed by atoms with Gasteiger partial charge in [0, 0.05) is 17.8 Å². The van der Waals surface area contributed by atoms with Crippen molar-refractivity contribution in [3.63, 3.8) is 0 Å². The van der Waals surface area contributed by atoms with Gasteiger partial charge in [-0.15, -0.1) is 0 Å². The van der Waals surface area contributed by atoms with E-state index in [1.54, 1.807) is 20.1 Å². The Bertz CT molecular complexity index is 475. The summed E-state index contributed by atoms with van der Waals surface area (Å²) in [5.74, 6) is 0.00210. The molecule has 0 radical (unpaired) electrons. The molecule has 0 aliphatic carbocycles. The van der Waals surface area contributed by atoms with Gasteiger partial charge in [-0.25, -0.2) is 4.98 Å². The quantitative estimate of drug-likeness (QED) is 0.609. The Labute approximate surface area is 80.8 Å². The Hall–Kier alpha value is -1.29. The summed E-state index contributed by atoms with van der Waals surface area (Å²) in [5.41, 5.74) is 1.35. The normalized spacial score (nSPS) is 10.5. The first-order valence-electron chi connectivity index (χ1n) is 3.79. The highest BCUT2D eigenvalue weighted by Crippen LogP contribution is 2.20. The number of halogens is 1. The van der Waals surface area contributed by atoms with E-state index in [0.717, 1.165) is 5.39 Å². The van der Waals surface area contributed by atoms with E-state index in [0.29, 0.717) is 16.0 Å². The van der Waals surface area contributed by atoms with Gasteiger partial charge in [-0.3, -0.25) is 4.98 Å². The maximum Gasteiger partial charge on any atom is 0.206 e. The molecular formula is C8H6BClN2O. The van der Waals surface area contributed by atoms with Crippen molar-refractivity contribution in [3.8, 4) is 5.88 Å². The molecule has 3 nitrogen and oxygen atoms in total. The molecule has 1 N–H and O–H groups in total. The predicted molar refractivity (Wildman–Crippen MR) is 54.4 cm³/mol. The van der Waals surface area contributed by atoms with Gasteiger partial charge < -0.3 is 5.11 Å². The summed E-state index contributed by atoms with van der Waals surface area (Å²) < 4.78 is 0. The highest BCUT2D eigenvalue weighted by molar-refractivity contribution is 6.42. The summed E-state index contributed by atoms with van der Waals surface area (Å²) in [7, 11) is 1.76. The second kappa shape index (κ2) is 2.89. The first-order valence-corrected chi connectivity index (χ1v) is 4.16. The molecule has 2 aromatic heterocycles. The summed E-state index contributed by atoms with van der Waals surface area (Å²) in [5, 5.41) is 10.7. The van der Waals surface area contributed by atoms with Gasteiger partial charge >= 0.3 is 0 Å². The van der Waals surface area contributed by atoms with Gasteiger partial charge in [-0.2, -0.15) is 0 Å². The van der Waals surface area contributed by atoms with E-state index in [9.17, 15) is 5.11 Å². The fourth-order valence-corrected chi connectivity index (χ4v) is 1.39. The van der Waals surface area contributed by atoms with E-state index < -0.39 is 0 Å². The maximum atomic E-state index is 9.31. The first-order chi connectivity index (χ1) is 6.20. The van der Waals surface area contributed by atoms with Crippen LogP contribution in [0.2, 0.25) is 5.02 Å². The molecule has 0 bridgehead atoms. The average Bonchev–Trinajstić information content (AvgIpc) is 2.12. The van der Waals surface area contributed by atoms with Gasteiger partial charge in [0.2, 0.25) is 5.88 Å². The van der Waals surface area contributed by atoms with Crippen molar-refractivity contribution in [2.45, 2.75) is 0 Å². The van der Waals surface area contributed by atoms with E-state index in [2.05, 4.69) is 9.97 Å². The van der Waals surface area contributed by atoms with Crippen LogP contribution in [0.5, 0.6) is 5.88 Å². The third kappa shape index (κ3) is 1.23. The summed E-state index contributed by atoms with van der Waals surface area (Å²) in [6.45, 7) is 0. The highest BCUT2D eigenvalue weighted by Gasteiger charge is 2.06. The molecule has 0 aromatic carbocycles. The Morgan fingerprint density at radius 2 is 2.15 bits per heavy atom. The van der Waals surface area contributed by atoms with Crippen molar-refractivity contribution in [3.05, 3.63) is 23.5 Å². The minimum atomic E-state index is 0.00210. The van der Waals surface area contributed by atoms with Gasteiger partial charge in [0.05, 0.1) is 10.5 Å². The van der Waals surface area contributed by atoms with Gasteiger partial charge in [0.25, 0.3) is 0 Å². The number of fused-ring (bicyclic) bond motifs is 1. The van der Waals surface area contributed by atoms with Crippen LogP contribution in [0.4, 0.5) is 0 Å². The lowest BCUT2D eigenvalue weighted by Crippen LogP contribution is -2.07. The molecule has 0 unspecified atom stereocenters. The smallest absolute Gasteiger partial charge is 0.206 e. The van der Waals surface area contributed by atoms with Gasteiger partial charge in [0.15, 0.2) is 0 Å². The van der Waals surface area contributed by atoms with E-state index in [4.69, 9.17) is 11.6 Å². The van der Waals surface area contributed by atoms with Crippen LogP contribution in [-0.4, -0.2) is 22.9 Å². The van der Waals surface area contributed by atoms with Crippen LogP contribution in [0.1, 0.15) is 0 Å². The van der Waals surface area contributed by atoms with Crippen molar-refractivity contribution in [1.29, 1.82) is 0 Å². The highest BCUT2D eigenvalue weighted by atomic mass is 35.5. The Morgan fingerprint density at radius 3 is 2.92 bits per heavy atom. The minimum Gasteiger partial charge on any atom is -0.494 e. The second-order valence-electron chi connectivity index (χ2n) is 2.76. The maximum absolute atomic E-state index is 9.31. The summed E-state index contributed by atoms with van der Waals surface area (Å²) in [6, 6.07) is 1.70. The number of pyridine rings is 2. The average molecular weight is 192 g/mol. The fourth-order valence-electron chi connectivity index (χ4n) is 1.20. The van der Waals surface area contributed by atoms with E-state index >= 15 is 0 Å². The van der Waals surface area contributed by atoms with Crippen LogP contribution in [0.25, 0.3) is 10.9 Å². The summed E-state index contributed by atoms with van der Waals surface area (Å²) in [6.07, 6.45) is 3.13. The lowest BCUT2D eigenvalue weighted by atomic mass is 9.95. The standard InChI is InChI=1S/C8H6BClN2O/c9-6-7-4(3-12-8(6)13)5(10)1-2-11-7/h1-3H,9H2,(H,12,13).